The van der Waals surface area contributed by atoms with Gasteiger partial charge in [0.25, 0.3) is 0 Å². The van der Waals surface area contributed by atoms with Crippen LogP contribution in [0.15, 0.2) is 24.3 Å². The molecule has 0 unspecified atom stereocenters. The van der Waals surface area contributed by atoms with Crippen LogP contribution in [0.25, 0.3) is 0 Å². The fourth-order valence-corrected chi connectivity index (χ4v) is 2.04. The average molecular weight is 277 g/mol. The summed E-state index contributed by atoms with van der Waals surface area (Å²) in [6.45, 7) is 1.15. The van der Waals surface area contributed by atoms with Gasteiger partial charge in [0.15, 0.2) is 0 Å². The highest BCUT2D eigenvalue weighted by atomic mass is 16.5. The van der Waals surface area contributed by atoms with Crippen molar-refractivity contribution in [2.45, 2.75) is 25.3 Å². The number of hydrogen-bond acceptors (Lipinski definition) is 4. The molecule has 1 aliphatic heterocycles. The van der Waals surface area contributed by atoms with E-state index >= 15 is 0 Å². The lowest BCUT2D eigenvalue weighted by Crippen LogP contribution is -2.35. The van der Waals surface area contributed by atoms with Crippen molar-refractivity contribution in [2.24, 2.45) is 5.73 Å². The molecule has 20 heavy (non-hydrogen) atoms. The van der Waals surface area contributed by atoms with Gasteiger partial charge in [-0.05, 0) is 43.7 Å². The van der Waals surface area contributed by atoms with Crippen molar-refractivity contribution >= 4 is 17.5 Å². The monoisotopic (exact) mass is 277 g/mol. The Hall–Kier alpha value is -2.08. The SMILES string of the molecule is NC(=O)CCOc1ccc(NC(=O)[C@H]2CCCN2)cc1. The molecule has 1 saturated heterocycles. The van der Waals surface area contributed by atoms with Crippen LogP contribution in [0.1, 0.15) is 19.3 Å². The first kappa shape index (κ1) is 14.3. The quantitative estimate of drug-likeness (QED) is 0.711. The number of ether oxygens (including phenoxy) is 1. The first-order chi connectivity index (χ1) is 9.65. The van der Waals surface area contributed by atoms with E-state index < -0.39 is 5.91 Å². The molecule has 4 N–H and O–H groups in total. The van der Waals surface area contributed by atoms with Crippen LogP contribution in [0.4, 0.5) is 5.69 Å². The molecular formula is C14H19N3O3. The van der Waals surface area contributed by atoms with Gasteiger partial charge in [0.2, 0.25) is 11.8 Å². The van der Waals surface area contributed by atoms with Gasteiger partial charge in [0.1, 0.15) is 5.75 Å². The molecule has 1 aromatic carbocycles. The normalized spacial score (nSPS) is 17.7. The summed E-state index contributed by atoms with van der Waals surface area (Å²) in [7, 11) is 0. The fraction of sp³-hybridized carbons (Fsp3) is 0.429. The summed E-state index contributed by atoms with van der Waals surface area (Å²) >= 11 is 0. The van der Waals surface area contributed by atoms with Gasteiger partial charge in [0.05, 0.1) is 19.1 Å². The number of carbonyl (C=O) groups excluding carboxylic acids is 2. The third kappa shape index (κ3) is 4.24. The van der Waals surface area contributed by atoms with Crippen molar-refractivity contribution in [3.8, 4) is 5.75 Å². The Morgan fingerprint density at radius 1 is 1.35 bits per heavy atom. The number of hydrogen-bond donors (Lipinski definition) is 3. The topological polar surface area (TPSA) is 93.5 Å². The number of nitrogens with two attached hydrogens (primary N) is 1. The van der Waals surface area contributed by atoms with Crippen LogP contribution in [-0.4, -0.2) is 31.0 Å². The molecule has 1 aromatic rings. The van der Waals surface area contributed by atoms with Crippen LogP contribution in [0.2, 0.25) is 0 Å². The molecule has 6 heteroatoms. The molecule has 1 heterocycles. The lowest BCUT2D eigenvalue weighted by atomic mass is 10.2. The number of primary amides is 1. The Morgan fingerprint density at radius 3 is 2.70 bits per heavy atom. The van der Waals surface area contributed by atoms with E-state index in [2.05, 4.69) is 10.6 Å². The van der Waals surface area contributed by atoms with Crippen molar-refractivity contribution in [3.05, 3.63) is 24.3 Å². The van der Waals surface area contributed by atoms with Gasteiger partial charge in [-0.15, -0.1) is 0 Å². The molecule has 0 aromatic heterocycles. The standard InChI is InChI=1S/C14H19N3O3/c15-13(18)7-9-20-11-5-3-10(4-6-11)17-14(19)12-2-1-8-16-12/h3-6,12,16H,1-2,7-9H2,(H2,15,18)(H,17,19)/t12-/m1/s1. The molecule has 0 spiro atoms. The smallest absolute Gasteiger partial charge is 0.241 e. The minimum Gasteiger partial charge on any atom is -0.493 e. The number of rotatable bonds is 6. The average Bonchev–Trinajstić information content (AvgIpc) is 2.94. The minimum absolute atomic E-state index is 0.00935. The molecule has 2 amide bonds. The Bertz CT molecular complexity index is 467. The van der Waals surface area contributed by atoms with Crippen LogP contribution in [-0.2, 0) is 9.59 Å². The maximum Gasteiger partial charge on any atom is 0.241 e. The summed E-state index contributed by atoms with van der Waals surface area (Å²) in [5.41, 5.74) is 5.75. The van der Waals surface area contributed by atoms with Crippen molar-refractivity contribution in [3.63, 3.8) is 0 Å². The van der Waals surface area contributed by atoms with E-state index in [0.717, 1.165) is 25.1 Å². The third-order valence-electron chi connectivity index (χ3n) is 3.12. The summed E-state index contributed by atoms with van der Waals surface area (Å²) in [6.07, 6.45) is 2.09. The van der Waals surface area contributed by atoms with Crippen molar-refractivity contribution in [2.75, 3.05) is 18.5 Å². The summed E-state index contributed by atoms with van der Waals surface area (Å²) in [5.74, 6) is 0.242. The zero-order chi connectivity index (χ0) is 14.4. The van der Waals surface area contributed by atoms with Crippen molar-refractivity contribution < 1.29 is 14.3 Å². The van der Waals surface area contributed by atoms with Gasteiger partial charge in [-0.3, -0.25) is 9.59 Å². The summed E-state index contributed by atoms with van der Waals surface area (Å²) in [6, 6.07) is 6.94. The highest BCUT2D eigenvalue weighted by Gasteiger charge is 2.21. The van der Waals surface area contributed by atoms with Gasteiger partial charge >= 0.3 is 0 Å². The maximum absolute atomic E-state index is 11.9. The van der Waals surface area contributed by atoms with Crippen molar-refractivity contribution in [1.29, 1.82) is 0 Å². The lowest BCUT2D eigenvalue weighted by molar-refractivity contribution is -0.119. The van der Waals surface area contributed by atoms with Crippen LogP contribution >= 0.6 is 0 Å². The maximum atomic E-state index is 11.9. The Kier molecular flexibility index (Phi) is 4.95. The van der Waals surface area contributed by atoms with Gasteiger partial charge in [-0.1, -0.05) is 0 Å². The van der Waals surface area contributed by atoms with E-state index in [9.17, 15) is 9.59 Å². The molecule has 108 valence electrons. The van der Waals surface area contributed by atoms with Gasteiger partial charge in [-0.2, -0.15) is 0 Å². The molecular weight excluding hydrogens is 258 g/mol. The first-order valence-electron chi connectivity index (χ1n) is 6.70. The van der Waals surface area contributed by atoms with Crippen molar-refractivity contribution in [1.82, 2.24) is 5.32 Å². The Labute approximate surface area is 117 Å². The van der Waals surface area contributed by atoms with E-state index in [1.807, 2.05) is 0 Å². The molecule has 0 radical (unpaired) electrons. The number of benzene rings is 1. The number of anilines is 1. The predicted molar refractivity (Wildman–Crippen MR) is 75.4 cm³/mol. The highest BCUT2D eigenvalue weighted by Crippen LogP contribution is 2.17. The van der Waals surface area contributed by atoms with E-state index in [0.29, 0.717) is 5.75 Å². The first-order valence-corrected chi connectivity index (χ1v) is 6.70. The van der Waals surface area contributed by atoms with Crippen LogP contribution < -0.4 is 21.1 Å². The van der Waals surface area contributed by atoms with Gasteiger partial charge in [-0.25, -0.2) is 0 Å². The molecule has 1 aliphatic rings. The van der Waals surface area contributed by atoms with Crippen LogP contribution in [0, 0.1) is 0 Å². The van der Waals surface area contributed by atoms with E-state index in [4.69, 9.17) is 10.5 Å². The second-order valence-corrected chi connectivity index (χ2v) is 4.73. The number of nitrogens with one attached hydrogen (secondary N) is 2. The summed E-state index contributed by atoms with van der Waals surface area (Å²) < 4.78 is 5.35. The fourth-order valence-electron chi connectivity index (χ4n) is 2.04. The molecule has 0 saturated carbocycles. The minimum atomic E-state index is -0.391. The zero-order valence-corrected chi connectivity index (χ0v) is 11.2. The van der Waals surface area contributed by atoms with E-state index in [1.165, 1.54) is 0 Å². The second kappa shape index (κ2) is 6.91. The van der Waals surface area contributed by atoms with E-state index in [1.54, 1.807) is 24.3 Å². The van der Waals surface area contributed by atoms with Crippen LogP contribution in [0.3, 0.4) is 0 Å². The Balaban J connectivity index is 1.81. The molecule has 2 rings (SSSR count). The molecule has 1 fully saturated rings. The largest absolute Gasteiger partial charge is 0.493 e. The Morgan fingerprint density at radius 2 is 2.10 bits per heavy atom. The van der Waals surface area contributed by atoms with E-state index in [-0.39, 0.29) is 25.0 Å². The molecule has 6 nitrogen and oxygen atoms in total. The summed E-state index contributed by atoms with van der Waals surface area (Å²) in [4.78, 5) is 22.5. The van der Waals surface area contributed by atoms with Gasteiger partial charge in [0, 0.05) is 5.69 Å². The summed E-state index contributed by atoms with van der Waals surface area (Å²) in [5, 5.41) is 6.00. The lowest BCUT2D eigenvalue weighted by Gasteiger charge is -2.11. The highest BCUT2D eigenvalue weighted by molar-refractivity contribution is 5.95. The third-order valence-corrected chi connectivity index (χ3v) is 3.12. The van der Waals surface area contributed by atoms with Gasteiger partial charge < -0.3 is 21.1 Å². The van der Waals surface area contributed by atoms with Crippen LogP contribution in [0.5, 0.6) is 5.75 Å². The number of carbonyl (C=O) groups is 2. The second-order valence-electron chi connectivity index (χ2n) is 4.73. The predicted octanol–water partition coefficient (Wildman–Crippen LogP) is 0.631. The molecule has 0 bridgehead atoms. The zero-order valence-electron chi connectivity index (χ0n) is 11.2. The molecule has 1 atom stereocenters. The number of amides is 2. The molecule has 0 aliphatic carbocycles.